The van der Waals surface area contributed by atoms with E-state index in [1.165, 1.54) is 24.0 Å². The van der Waals surface area contributed by atoms with E-state index >= 15 is 0 Å². The van der Waals surface area contributed by atoms with Crippen molar-refractivity contribution in [2.24, 2.45) is 5.73 Å². The van der Waals surface area contributed by atoms with Crippen LogP contribution in [0.3, 0.4) is 0 Å². The zero-order valence-electron chi connectivity index (χ0n) is 7.79. The van der Waals surface area contributed by atoms with Gasteiger partial charge in [-0.2, -0.15) is 0 Å². The van der Waals surface area contributed by atoms with Gasteiger partial charge in [-0.15, -0.1) is 0 Å². The van der Waals surface area contributed by atoms with Crippen LogP contribution in [0.2, 0.25) is 0 Å². The van der Waals surface area contributed by atoms with E-state index in [1.54, 1.807) is 0 Å². The van der Waals surface area contributed by atoms with Crippen molar-refractivity contribution in [2.45, 2.75) is 24.9 Å². The first-order valence-electron chi connectivity index (χ1n) is 4.95. The molecule has 3 heteroatoms. The van der Waals surface area contributed by atoms with Crippen molar-refractivity contribution in [1.82, 2.24) is 5.32 Å². The SMILES string of the molecule is NC(=O)c1ccc2c(c1)C1CCC2N1. The maximum Gasteiger partial charge on any atom is 0.248 e. The standard InChI is InChI=1S/C11H12N2O/c12-11(14)6-1-2-7-8(5-6)10-4-3-9(7)13-10/h1-2,5,9-10,13H,3-4H2,(H2,12,14). The van der Waals surface area contributed by atoms with Crippen LogP contribution in [0.1, 0.15) is 46.4 Å². The molecule has 2 heterocycles. The quantitative estimate of drug-likeness (QED) is 0.697. The van der Waals surface area contributed by atoms with E-state index < -0.39 is 0 Å². The van der Waals surface area contributed by atoms with E-state index in [0.29, 0.717) is 17.6 Å². The molecule has 3 rings (SSSR count). The maximum absolute atomic E-state index is 11.0. The van der Waals surface area contributed by atoms with Gasteiger partial charge >= 0.3 is 0 Å². The summed E-state index contributed by atoms with van der Waals surface area (Å²) in [6.07, 6.45) is 2.40. The van der Waals surface area contributed by atoms with Crippen molar-refractivity contribution < 1.29 is 4.79 Å². The topological polar surface area (TPSA) is 55.1 Å². The molecule has 2 aliphatic heterocycles. The van der Waals surface area contributed by atoms with Crippen LogP contribution < -0.4 is 11.1 Å². The number of primary amides is 1. The number of fused-ring (bicyclic) bond motifs is 5. The Labute approximate surface area is 82.3 Å². The molecule has 0 saturated carbocycles. The van der Waals surface area contributed by atoms with Crippen LogP contribution in [0, 0.1) is 0 Å². The largest absolute Gasteiger partial charge is 0.366 e. The Morgan fingerprint density at radius 1 is 1.29 bits per heavy atom. The summed E-state index contributed by atoms with van der Waals surface area (Å²) < 4.78 is 0. The third-order valence-electron chi connectivity index (χ3n) is 3.27. The molecule has 0 aliphatic carbocycles. The molecule has 1 saturated heterocycles. The second-order valence-corrected chi connectivity index (χ2v) is 4.06. The average Bonchev–Trinajstić information content (AvgIpc) is 2.77. The van der Waals surface area contributed by atoms with Crippen molar-refractivity contribution >= 4 is 5.91 Å². The summed E-state index contributed by atoms with van der Waals surface area (Å²) in [5.74, 6) is -0.337. The van der Waals surface area contributed by atoms with Crippen LogP contribution in [-0.4, -0.2) is 5.91 Å². The Morgan fingerprint density at radius 2 is 2.00 bits per heavy atom. The summed E-state index contributed by atoms with van der Waals surface area (Å²) >= 11 is 0. The van der Waals surface area contributed by atoms with Crippen molar-refractivity contribution in [3.63, 3.8) is 0 Å². The maximum atomic E-state index is 11.0. The van der Waals surface area contributed by atoms with Crippen molar-refractivity contribution in [2.75, 3.05) is 0 Å². The van der Waals surface area contributed by atoms with Gasteiger partial charge in [-0.1, -0.05) is 6.07 Å². The second kappa shape index (κ2) is 2.58. The minimum absolute atomic E-state index is 0.337. The monoisotopic (exact) mass is 188 g/mol. The molecule has 14 heavy (non-hydrogen) atoms. The molecule has 1 amide bonds. The number of benzene rings is 1. The molecular formula is C11H12N2O. The fourth-order valence-corrected chi connectivity index (χ4v) is 2.58. The summed E-state index contributed by atoms with van der Waals surface area (Å²) in [4.78, 5) is 11.0. The van der Waals surface area contributed by atoms with Crippen LogP contribution in [0.5, 0.6) is 0 Å². The van der Waals surface area contributed by atoms with Crippen LogP contribution in [0.15, 0.2) is 18.2 Å². The zero-order valence-corrected chi connectivity index (χ0v) is 7.79. The third kappa shape index (κ3) is 0.930. The Bertz CT molecular complexity index is 414. The highest BCUT2D eigenvalue weighted by Gasteiger charge is 2.36. The zero-order chi connectivity index (χ0) is 9.71. The van der Waals surface area contributed by atoms with Crippen LogP contribution in [-0.2, 0) is 0 Å². The lowest BCUT2D eigenvalue weighted by atomic mass is 9.90. The summed E-state index contributed by atoms with van der Waals surface area (Å²) in [6, 6.07) is 6.76. The smallest absolute Gasteiger partial charge is 0.248 e. The molecule has 3 N–H and O–H groups in total. The fraction of sp³-hybridized carbons (Fsp3) is 0.364. The van der Waals surface area contributed by atoms with Gasteiger partial charge in [-0.05, 0) is 36.1 Å². The first-order valence-corrected chi connectivity index (χ1v) is 4.95. The molecule has 2 aliphatic rings. The molecule has 2 bridgehead atoms. The van der Waals surface area contributed by atoms with Gasteiger partial charge in [0.05, 0.1) is 0 Å². The van der Waals surface area contributed by atoms with E-state index in [2.05, 4.69) is 5.32 Å². The van der Waals surface area contributed by atoms with Crippen molar-refractivity contribution in [3.05, 3.63) is 34.9 Å². The molecule has 0 radical (unpaired) electrons. The fourth-order valence-electron chi connectivity index (χ4n) is 2.58. The number of amides is 1. The van der Waals surface area contributed by atoms with Crippen LogP contribution in [0.25, 0.3) is 0 Å². The van der Waals surface area contributed by atoms with Gasteiger partial charge in [-0.3, -0.25) is 4.79 Å². The highest BCUT2D eigenvalue weighted by atomic mass is 16.1. The molecule has 2 unspecified atom stereocenters. The van der Waals surface area contributed by atoms with Crippen molar-refractivity contribution in [1.29, 1.82) is 0 Å². The highest BCUT2D eigenvalue weighted by Crippen LogP contribution is 2.44. The van der Waals surface area contributed by atoms with Gasteiger partial charge in [0.2, 0.25) is 5.91 Å². The molecule has 72 valence electrons. The Kier molecular flexibility index (Phi) is 1.47. The van der Waals surface area contributed by atoms with E-state index in [-0.39, 0.29) is 5.91 Å². The minimum atomic E-state index is -0.337. The summed E-state index contributed by atoms with van der Waals surface area (Å²) in [5.41, 5.74) is 8.50. The molecule has 1 fully saturated rings. The Balaban J connectivity index is 2.12. The second-order valence-electron chi connectivity index (χ2n) is 4.06. The van der Waals surface area contributed by atoms with Crippen LogP contribution >= 0.6 is 0 Å². The van der Waals surface area contributed by atoms with Gasteiger partial charge in [0.1, 0.15) is 0 Å². The number of hydrogen-bond acceptors (Lipinski definition) is 2. The predicted molar refractivity (Wildman–Crippen MR) is 52.8 cm³/mol. The number of nitrogens with one attached hydrogen (secondary N) is 1. The van der Waals surface area contributed by atoms with Gasteiger partial charge in [0, 0.05) is 17.6 Å². The number of rotatable bonds is 1. The lowest BCUT2D eigenvalue weighted by Gasteiger charge is -2.13. The lowest BCUT2D eigenvalue weighted by Crippen LogP contribution is -2.12. The first kappa shape index (κ1) is 8.00. The normalized spacial score (nSPS) is 27.7. The summed E-state index contributed by atoms with van der Waals surface area (Å²) in [7, 11) is 0. The number of hydrogen-bond donors (Lipinski definition) is 2. The third-order valence-corrected chi connectivity index (χ3v) is 3.27. The van der Waals surface area contributed by atoms with Gasteiger partial charge in [0.25, 0.3) is 0 Å². The highest BCUT2D eigenvalue weighted by molar-refractivity contribution is 5.93. The Morgan fingerprint density at radius 3 is 2.71 bits per heavy atom. The van der Waals surface area contributed by atoms with E-state index in [0.717, 1.165) is 0 Å². The van der Waals surface area contributed by atoms with Crippen LogP contribution in [0.4, 0.5) is 0 Å². The number of carbonyl (C=O) groups is 1. The molecule has 0 spiro atoms. The molecule has 1 aromatic carbocycles. The molecule has 1 aromatic rings. The average molecular weight is 188 g/mol. The first-order chi connectivity index (χ1) is 6.75. The predicted octanol–water partition coefficient (Wildman–Crippen LogP) is 1.26. The summed E-state index contributed by atoms with van der Waals surface area (Å²) in [5, 5.41) is 3.51. The van der Waals surface area contributed by atoms with E-state index in [9.17, 15) is 4.79 Å². The Hall–Kier alpha value is -1.35. The molecule has 2 atom stereocenters. The van der Waals surface area contributed by atoms with Crippen molar-refractivity contribution in [3.8, 4) is 0 Å². The van der Waals surface area contributed by atoms with Gasteiger partial charge in [0.15, 0.2) is 0 Å². The van der Waals surface area contributed by atoms with Gasteiger partial charge in [-0.25, -0.2) is 0 Å². The lowest BCUT2D eigenvalue weighted by molar-refractivity contribution is 0.1000. The molecule has 3 nitrogen and oxygen atoms in total. The van der Waals surface area contributed by atoms with E-state index in [1.807, 2.05) is 18.2 Å². The molecular weight excluding hydrogens is 176 g/mol. The molecule has 0 aromatic heterocycles. The number of nitrogens with two attached hydrogens (primary N) is 1. The minimum Gasteiger partial charge on any atom is -0.366 e. The van der Waals surface area contributed by atoms with E-state index in [4.69, 9.17) is 5.73 Å². The van der Waals surface area contributed by atoms with Gasteiger partial charge < -0.3 is 11.1 Å². The number of carbonyl (C=O) groups excluding carboxylic acids is 1. The summed E-state index contributed by atoms with van der Waals surface area (Å²) in [6.45, 7) is 0.